The lowest BCUT2D eigenvalue weighted by atomic mass is 10.1. The van der Waals surface area contributed by atoms with Gasteiger partial charge in [0.15, 0.2) is 0 Å². The molecule has 0 bridgehead atoms. The Hall–Kier alpha value is -1.51. The Balaban J connectivity index is 0.00000137. The zero-order valence-electron chi connectivity index (χ0n) is 12.1. The largest absolute Gasteiger partial charge is 0.444 e. The molecule has 3 heteroatoms. The summed E-state index contributed by atoms with van der Waals surface area (Å²) >= 11 is 0. The normalized spacial score (nSPS) is 10.1. The van der Waals surface area contributed by atoms with Crippen LogP contribution in [0.5, 0.6) is 0 Å². The van der Waals surface area contributed by atoms with Crippen molar-refractivity contribution in [1.82, 2.24) is 5.32 Å². The third-order valence-corrected chi connectivity index (χ3v) is 1.92. The fraction of sp³-hybridized carbons (Fsp3) is 0.533. The molecule has 0 fully saturated rings. The first-order valence-corrected chi connectivity index (χ1v) is 6.48. The number of benzene rings is 1. The molecule has 1 N–H and O–H groups in total. The van der Waals surface area contributed by atoms with Crippen molar-refractivity contribution in [2.24, 2.45) is 0 Å². The zero-order chi connectivity index (χ0) is 14.0. The van der Waals surface area contributed by atoms with Gasteiger partial charge in [-0.05, 0) is 32.8 Å². The Labute approximate surface area is 111 Å². The molecule has 0 saturated carbocycles. The minimum atomic E-state index is -0.434. The lowest BCUT2D eigenvalue weighted by molar-refractivity contribution is 0.0528. The molecule has 0 aliphatic heterocycles. The summed E-state index contributed by atoms with van der Waals surface area (Å²) in [4.78, 5) is 11.3. The standard InChI is InChI=1S/C13H19NO2.C2H6/c1-13(2,3)16-12(15)14-10-9-11-7-5-4-6-8-11;1-2/h4-8H,9-10H2,1-3H3,(H,14,15);1-2H3. The zero-order valence-corrected chi connectivity index (χ0v) is 12.1. The van der Waals surface area contributed by atoms with Crippen LogP contribution in [0.1, 0.15) is 40.2 Å². The summed E-state index contributed by atoms with van der Waals surface area (Å²) in [6.45, 7) is 10.1. The van der Waals surface area contributed by atoms with Crippen molar-refractivity contribution in [3.8, 4) is 0 Å². The number of alkyl carbamates (subject to hydrolysis) is 1. The average molecular weight is 251 g/mol. The van der Waals surface area contributed by atoms with Crippen molar-refractivity contribution in [2.45, 2.75) is 46.6 Å². The summed E-state index contributed by atoms with van der Waals surface area (Å²) < 4.78 is 5.13. The van der Waals surface area contributed by atoms with Gasteiger partial charge >= 0.3 is 6.09 Å². The van der Waals surface area contributed by atoms with Gasteiger partial charge in [0.05, 0.1) is 0 Å². The maximum absolute atomic E-state index is 11.3. The summed E-state index contributed by atoms with van der Waals surface area (Å²) in [5.41, 5.74) is 0.773. The Morgan fingerprint density at radius 2 is 1.72 bits per heavy atom. The number of hydrogen-bond donors (Lipinski definition) is 1. The minimum absolute atomic E-state index is 0.358. The van der Waals surface area contributed by atoms with Crippen LogP contribution in [-0.2, 0) is 11.2 Å². The van der Waals surface area contributed by atoms with E-state index in [-0.39, 0.29) is 6.09 Å². The molecule has 1 aromatic carbocycles. The SMILES string of the molecule is CC.CC(C)(C)OC(=O)NCCc1ccccc1. The van der Waals surface area contributed by atoms with Crippen LogP contribution in [-0.4, -0.2) is 18.2 Å². The second kappa shape index (κ2) is 8.56. The molecular formula is C15H25NO2. The van der Waals surface area contributed by atoms with Crippen LogP contribution in [0, 0.1) is 0 Å². The first-order valence-electron chi connectivity index (χ1n) is 6.48. The molecule has 1 rings (SSSR count). The summed E-state index contributed by atoms with van der Waals surface area (Å²) in [6.07, 6.45) is 0.462. The van der Waals surface area contributed by atoms with Crippen molar-refractivity contribution in [2.75, 3.05) is 6.54 Å². The number of carbonyl (C=O) groups excluding carboxylic acids is 1. The van der Waals surface area contributed by atoms with E-state index in [1.165, 1.54) is 5.56 Å². The molecule has 0 saturated heterocycles. The predicted molar refractivity (Wildman–Crippen MR) is 75.7 cm³/mol. The minimum Gasteiger partial charge on any atom is -0.444 e. The fourth-order valence-electron chi connectivity index (χ4n) is 1.27. The molecule has 0 radical (unpaired) electrons. The van der Waals surface area contributed by atoms with Gasteiger partial charge in [-0.3, -0.25) is 0 Å². The van der Waals surface area contributed by atoms with E-state index in [1.54, 1.807) is 0 Å². The van der Waals surface area contributed by atoms with Crippen LogP contribution in [0.15, 0.2) is 30.3 Å². The maximum atomic E-state index is 11.3. The van der Waals surface area contributed by atoms with Crippen molar-refractivity contribution in [3.63, 3.8) is 0 Å². The Kier molecular flexibility index (Phi) is 7.84. The molecule has 102 valence electrons. The lowest BCUT2D eigenvalue weighted by Crippen LogP contribution is -2.33. The smallest absolute Gasteiger partial charge is 0.407 e. The molecule has 0 aromatic heterocycles. The second-order valence-electron chi connectivity index (χ2n) is 4.66. The van der Waals surface area contributed by atoms with Gasteiger partial charge in [0.25, 0.3) is 0 Å². The highest BCUT2D eigenvalue weighted by Gasteiger charge is 2.15. The number of ether oxygens (including phenoxy) is 1. The molecular weight excluding hydrogens is 226 g/mol. The molecule has 1 aromatic rings. The van der Waals surface area contributed by atoms with Gasteiger partial charge in [0.1, 0.15) is 5.60 Å². The van der Waals surface area contributed by atoms with E-state index < -0.39 is 5.60 Å². The van der Waals surface area contributed by atoms with Crippen LogP contribution < -0.4 is 5.32 Å². The van der Waals surface area contributed by atoms with Crippen molar-refractivity contribution in [3.05, 3.63) is 35.9 Å². The second-order valence-corrected chi connectivity index (χ2v) is 4.66. The molecule has 3 nitrogen and oxygen atoms in total. The van der Waals surface area contributed by atoms with E-state index in [0.29, 0.717) is 6.54 Å². The Morgan fingerprint density at radius 1 is 1.17 bits per heavy atom. The maximum Gasteiger partial charge on any atom is 0.407 e. The van der Waals surface area contributed by atoms with Crippen LogP contribution in [0.3, 0.4) is 0 Å². The van der Waals surface area contributed by atoms with E-state index in [2.05, 4.69) is 5.32 Å². The Bertz CT molecular complexity index is 328. The van der Waals surface area contributed by atoms with Gasteiger partial charge in [-0.25, -0.2) is 4.79 Å². The molecule has 0 aliphatic rings. The Morgan fingerprint density at radius 3 is 2.22 bits per heavy atom. The molecule has 0 unspecified atom stereocenters. The molecule has 0 aliphatic carbocycles. The number of rotatable bonds is 3. The number of nitrogens with one attached hydrogen (secondary N) is 1. The summed E-state index contributed by atoms with van der Waals surface area (Å²) in [7, 11) is 0. The highest BCUT2D eigenvalue weighted by Crippen LogP contribution is 2.06. The van der Waals surface area contributed by atoms with Crippen LogP contribution in [0.2, 0.25) is 0 Å². The van der Waals surface area contributed by atoms with Crippen LogP contribution in [0.25, 0.3) is 0 Å². The highest BCUT2D eigenvalue weighted by molar-refractivity contribution is 5.67. The predicted octanol–water partition coefficient (Wildman–Crippen LogP) is 3.78. The van der Waals surface area contributed by atoms with Gasteiger partial charge in [-0.2, -0.15) is 0 Å². The van der Waals surface area contributed by atoms with Gasteiger partial charge in [0, 0.05) is 6.54 Å². The first kappa shape index (κ1) is 16.5. The lowest BCUT2D eigenvalue weighted by Gasteiger charge is -2.19. The molecule has 18 heavy (non-hydrogen) atoms. The van der Waals surface area contributed by atoms with Gasteiger partial charge in [-0.1, -0.05) is 44.2 Å². The third kappa shape index (κ3) is 8.62. The number of amides is 1. The van der Waals surface area contributed by atoms with Crippen molar-refractivity contribution in [1.29, 1.82) is 0 Å². The number of carbonyl (C=O) groups is 1. The summed E-state index contributed by atoms with van der Waals surface area (Å²) in [6, 6.07) is 10.0. The topological polar surface area (TPSA) is 38.3 Å². The number of hydrogen-bond acceptors (Lipinski definition) is 2. The molecule has 0 atom stereocenters. The van der Waals surface area contributed by atoms with Gasteiger partial charge in [0.2, 0.25) is 0 Å². The average Bonchev–Trinajstić information content (AvgIpc) is 2.31. The van der Waals surface area contributed by atoms with Gasteiger partial charge < -0.3 is 10.1 Å². The fourth-order valence-corrected chi connectivity index (χ4v) is 1.27. The monoisotopic (exact) mass is 251 g/mol. The molecule has 1 amide bonds. The van der Waals surface area contributed by atoms with E-state index in [4.69, 9.17) is 4.74 Å². The first-order chi connectivity index (χ1) is 8.47. The van der Waals surface area contributed by atoms with Crippen LogP contribution in [0.4, 0.5) is 4.79 Å². The third-order valence-electron chi connectivity index (χ3n) is 1.92. The van der Waals surface area contributed by atoms with Gasteiger partial charge in [-0.15, -0.1) is 0 Å². The van der Waals surface area contributed by atoms with E-state index >= 15 is 0 Å². The summed E-state index contributed by atoms with van der Waals surface area (Å²) in [5, 5.41) is 2.73. The van der Waals surface area contributed by atoms with Crippen LogP contribution >= 0.6 is 0 Å². The van der Waals surface area contributed by atoms with E-state index in [1.807, 2.05) is 65.0 Å². The molecule has 0 spiro atoms. The highest BCUT2D eigenvalue weighted by atomic mass is 16.6. The molecule has 0 heterocycles. The van der Waals surface area contributed by atoms with E-state index in [9.17, 15) is 4.79 Å². The van der Waals surface area contributed by atoms with E-state index in [0.717, 1.165) is 6.42 Å². The van der Waals surface area contributed by atoms with Crippen molar-refractivity contribution >= 4 is 6.09 Å². The van der Waals surface area contributed by atoms with Crippen molar-refractivity contribution < 1.29 is 9.53 Å². The quantitative estimate of drug-likeness (QED) is 0.887. The summed E-state index contributed by atoms with van der Waals surface area (Å²) in [5.74, 6) is 0.